The standard InChI is InChI=1S/C6H5Cl2NO/c1-10-6-4(7)2-9-3-5(6)8/h2-3H,1H3. The van der Waals surface area contributed by atoms with E-state index in [0.29, 0.717) is 15.8 Å². The second-order valence-electron chi connectivity index (χ2n) is 1.64. The van der Waals surface area contributed by atoms with Crippen LogP contribution >= 0.6 is 23.2 Å². The van der Waals surface area contributed by atoms with Crippen LogP contribution in [0.2, 0.25) is 10.0 Å². The van der Waals surface area contributed by atoms with E-state index >= 15 is 0 Å². The smallest absolute Gasteiger partial charge is 0.159 e. The van der Waals surface area contributed by atoms with Crippen molar-refractivity contribution in [2.24, 2.45) is 0 Å². The van der Waals surface area contributed by atoms with Crippen molar-refractivity contribution >= 4 is 23.2 Å². The van der Waals surface area contributed by atoms with Gasteiger partial charge >= 0.3 is 0 Å². The zero-order valence-corrected chi connectivity index (χ0v) is 6.78. The van der Waals surface area contributed by atoms with Gasteiger partial charge in [-0.25, -0.2) is 0 Å². The molecule has 0 N–H and O–H groups in total. The summed E-state index contributed by atoms with van der Waals surface area (Å²) in [7, 11) is 1.51. The van der Waals surface area contributed by atoms with E-state index in [1.807, 2.05) is 0 Å². The van der Waals surface area contributed by atoms with Gasteiger partial charge < -0.3 is 4.74 Å². The van der Waals surface area contributed by atoms with Gasteiger partial charge in [-0.2, -0.15) is 0 Å². The molecule has 0 aliphatic rings. The van der Waals surface area contributed by atoms with Gasteiger partial charge in [0.25, 0.3) is 0 Å². The Morgan fingerprint density at radius 3 is 2.10 bits per heavy atom. The van der Waals surface area contributed by atoms with Gasteiger partial charge in [0, 0.05) is 12.4 Å². The lowest BCUT2D eigenvalue weighted by atomic mass is 10.4. The average molecular weight is 178 g/mol. The van der Waals surface area contributed by atoms with Crippen LogP contribution in [0.5, 0.6) is 5.75 Å². The number of aromatic nitrogens is 1. The normalized spacial score (nSPS) is 9.50. The minimum absolute atomic E-state index is 0.426. The molecule has 10 heavy (non-hydrogen) atoms. The minimum atomic E-state index is 0.426. The SMILES string of the molecule is COc1c(Cl)cncc1Cl. The summed E-state index contributed by atoms with van der Waals surface area (Å²) < 4.78 is 4.87. The van der Waals surface area contributed by atoms with Crippen LogP contribution in [0.15, 0.2) is 12.4 Å². The van der Waals surface area contributed by atoms with Gasteiger partial charge in [0.05, 0.1) is 7.11 Å². The van der Waals surface area contributed by atoms with Crippen molar-refractivity contribution in [3.05, 3.63) is 22.4 Å². The second kappa shape index (κ2) is 3.08. The number of methoxy groups -OCH3 is 1. The van der Waals surface area contributed by atoms with Gasteiger partial charge in [-0.3, -0.25) is 4.98 Å². The summed E-state index contributed by atoms with van der Waals surface area (Å²) in [5, 5.41) is 0.852. The molecule has 0 aliphatic heterocycles. The largest absolute Gasteiger partial charge is 0.494 e. The Morgan fingerprint density at radius 2 is 1.80 bits per heavy atom. The third kappa shape index (κ3) is 1.33. The zero-order valence-electron chi connectivity index (χ0n) is 5.27. The third-order valence-corrected chi connectivity index (χ3v) is 1.55. The Hall–Kier alpha value is -0.470. The van der Waals surface area contributed by atoms with Crippen LogP contribution in [0.4, 0.5) is 0 Å². The van der Waals surface area contributed by atoms with Gasteiger partial charge in [-0.05, 0) is 0 Å². The molecule has 1 heterocycles. The molecule has 0 fully saturated rings. The van der Waals surface area contributed by atoms with E-state index in [0.717, 1.165) is 0 Å². The summed E-state index contributed by atoms with van der Waals surface area (Å²) in [5.74, 6) is 0.471. The van der Waals surface area contributed by atoms with Crippen molar-refractivity contribution in [3.8, 4) is 5.75 Å². The first-order chi connectivity index (χ1) is 4.75. The molecule has 0 atom stereocenters. The van der Waals surface area contributed by atoms with Crippen LogP contribution in [0.25, 0.3) is 0 Å². The molecule has 0 aromatic carbocycles. The van der Waals surface area contributed by atoms with Crippen molar-refractivity contribution in [3.63, 3.8) is 0 Å². The lowest BCUT2D eigenvalue weighted by Gasteiger charge is -2.02. The Balaban J connectivity index is 3.17. The lowest BCUT2D eigenvalue weighted by molar-refractivity contribution is 0.414. The summed E-state index contributed by atoms with van der Waals surface area (Å²) in [6.45, 7) is 0. The van der Waals surface area contributed by atoms with Crippen LogP contribution in [0, 0.1) is 0 Å². The molecule has 0 saturated heterocycles. The summed E-state index contributed by atoms with van der Waals surface area (Å²) in [5.41, 5.74) is 0. The van der Waals surface area contributed by atoms with Gasteiger partial charge in [-0.15, -0.1) is 0 Å². The fourth-order valence-corrected chi connectivity index (χ4v) is 1.11. The predicted octanol–water partition coefficient (Wildman–Crippen LogP) is 2.40. The van der Waals surface area contributed by atoms with Crippen molar-refractivity contribution in [2.45, 2.75) is 0 Å². The molecule has 0 unspecified atom stereocenters. The van der Waals surface area contributed by atoms with Crippen LogP contribution in [-0.2, 0) is 0 Å². The highest BCUT2D eigenvalue weighted by Gasteiger charge is 2.03. The average Bonchev–Trinajstić information content (AvgIpc) is 1.88. The Bertz CT molecular complexity index is 219. The number of hydrogen-bond acceptors (Lipinski definition) is 2. The van der Waals surface area contributed by atoms with E-state index in [1.165, 1.54) is 19.5 Å². The molecule has 2 nitrogen and oxygen atoms in total. The van der Waals surface area contributed by atoms with E-state index in [9.17, 15) is 0 Å². The third-order valence-electron chi connectivity index (χ3n) is 1.01. The van der Waals surface area contributed by atoms with E-state index in [2.05, 4.69) is 4.98 Å². The molecule has 0 bridgehead atoms. The number of halogens is 2. The molecular weight excluding hydrogens is 173 g/mol. The molecule has 1 rings (SSSR count). The van der Waals surface area contributed by atoms with Gasteiger partial charge in [0.15, 0.2) is 5.75 Å². The summed E-state index contributed by atoms with van der Waals surface area (Å²) in [6.07, 6.45) is 2.96. The van der Waals surface area contributed by atoms with Crippen molar-refractivity contribution in [1.29, 1.82) is 0 Å². The van der Waals surface area contributed by atoms with Crippen molar-refractivity contribution < 1.29 is 4.74 Å². The van der Waals surface area contributed by atoms with E-state index < -0.39 is 0 Å². The fraction of sp³-hybridized carbons (Fsp3) is 0.167. The summed E-state index contributed by atoms with van der Waals surface area (Å²) in [4.78, 5) is 3.75. The number of pyridine rings is 1. The van der Waals surface area contributed by atoms with Crippen molar-refractivity contribution in [2.75, 3.05) is 7.11 Å². The first kappa shape index (κ1) is 7.63. The lowest BCUT2D eigenvalue weighted by Crippen LogP contribution is -1.85. The summed E-state index contributed by atoms with van der Waals surface area (Å²) >= 11 is 11.3. The zero-order chi connectivity index (χ0) is 7.56. The van der Waals surface area contributed by atoms with Crippen LogP contribution < -0.4 is 4.74 Å². The molecular formula is C6H5Cl2NO. The first-order valence-electron chi connectivity index (χ1n) is 2.58. The quantitative estimate of drug-likeness (QED) is 0.658. The molecule has 0 radical (unpaired) electrons. The van der Waals surface area contributed by atoms with Crippen LogP contribution in [0.3, 0.4) is 0 Å². The number of hydrogen-bond donors (Lipinski definition) is 0. The van der Waals surface area contributed by atoms with Crippen LogP contribution in [-0.4, -0.2) is 12.1 Å². The Morgan fingerprint density at radius 1 is 1.30 bits per heavy atom. The molecule has 1 aromatic heterocycles. The monoisotopic (exact) mass is 177 g/mol. The van der Waals surface area contributed by atoms with E-state index in [-0.39, 0.29) is 0 Å². The molecule has 0 spiro atoms. The molecule has 54 valence electrons. The Kier molecular flexibility index (Phi) is 2.35. The topological polar surface area (TPSA) is 22.1 Å². The number of nitrogens with zero attached hydrogens (tertiary/aromatic N) is 1. The van der Waals surface area contributed by atoms with Crippen LogP contribution in [0.1, 0.15) is 0 Å². The first-order valence-corrected chi connectivity index (χ1v) is 3.34. The molecule has 4 heteroatoms. The van der Waals surface area contributed by atoms with Crippen molar-refractivity contribution in [1.82, 2.24) is 4.98 Å². The molecule has 0 aliphatic carbocycles. The summed E-state index contributed by atoms with van der Waals surface area (Å²) in [6, 6.07) is 0. The van der Waals surface area contributed by atoms with Gasteiger partial charge in [0.1, 0.15) is 10.0 Å². The van der Waals surface area contributed by atoms with E-state index in [1.54, 1.807) is 0 Å². The molecule has 0 amide bonds. The Labute approximate surface area is 68.7 Å². The highest BCUT2D eigenvalue weighted by atomic mass is 35.5. The number of rotatable bonds is 1. The predicted molar refractivity (Wildman–Crippen MR) is 40.8 cm³/mol. The second-order valence-corrected chi connectivity index (χ2v) is 2.45. The minimum Gasteiger partial charge on any atom is -0.494 e. The maximum atomic E-state index is 5.66. The highest BCUT2D eigenvalue weighted by Crippen LogP contribution is 2.30. The highest BCUT2D eigenvalue weighted by molar-refractivity contribution is 6.36. The molecule has 0 saturated carbocycles. The van der Waals surface area contributed by atoms with Gasteiger partial charge in [0.2, 0.25) is 0 Å². The maximum absolute atomic E-state index is 5.66. The fourth-order valence-electron chi connectivity index (χ4n) is 0.594. The van der Waals surface area contributed by atoms with Gasteiger partial charge in [-0.1, -0.05) is 23.2 Å². The maximum Gasteiger partial charge on any atom is 0.159 e. The van der Waals surface area contributed by atoms with E-state index in [4.69, 9.17) is 27.9 Å². The molecule has 1 aromatic rings. The number of ether oxygens (including phenoxy) is 1.